The maximum atomic E-state index is 10.7. The minimum Gasteiger partial charge on any atom is -0.507 e. The Labute approximate surface area is 143 Å². The first-order valence-electron chi connectivity index (χ1n) is 8.80. The third-order valence-corrected chi connectivity index (χ3v) is 4.57. The van der Waals surface area contributed by atoms with Gasteiger partial charge in [0, 0.05) is 50.4 Å². The van der Waals surface area contributed by atoms with E-state index in [4.69, 9.17) is 14.2 Å². The normalized spacial score (nSPS) is 27.3. The van der Waals surface area contributed by atoms with Crippen LogP contribution in [0.3, 0.4) is 0 Å². The van der Waals surface area contributed by atoms with Gasteiger partial charge in [-0.3, -0.25) is 9.80 Å². The van der Waals surface area contributed by atoms with Crippen LogP contribution in [0.4, 0.5) is 0 Å². The fourth-order valence-corrected chi connectivity index (χ4v) is 3.12. The van der Waals surface area contributed by atoms with Gasteiger partial charge in [-0.15, -0.1) is 0 Å². The molecule has 0 aromatic heterocycles. The molecule has 4 rings (SSSR count). The van der Waals surface area contributed by atoms with Crippen LogP contribution in [0.25, 0.3) is 0 Å². The van der Waals surface area contributed by atoms with Gasteiger partial charge in [-0.1, -0.05) is 18.2 Å². The van der Waals surface area contributed by atoms with Crippen molar-refractivity contribution in [2.24, 2.45) is 0 Å². The van der Waals surface area contributed by atoms with Gasteiger partial charge in [-0.05, 0) is 0 Å². The molecule has 134 valence electrons. The average Bonchev–Trinajstić information content (AvgIpc) is 2.59. The van der Waals surface area contributed by atoms with Gasteiger partial charge in [0.05, 0.1) is 39.6 Å². The van der Waals surface area contributed by atoms with E-state index < -0.39 is 0 Å². The first kappa shape index (κ1) is 17.6. The molecule has 1 saturated heterocycles. The Morgan fingerprint density at radius 1 is 0.667 bits per heavy atom. The van der Waals surface area contributed by atoms with Gasteiger partial charge in [0.25, 0.3) is 0 Å². The number of phenolic OH excluding ortho intramolecular Hbond substituents is 1. The van der Waals surface area contributed by atoms with Crippen molar-refractivity contribution in [3.63, 3.8) is 0 Å². The van der Waals surface area contributed by atoms with E-state index in [2.05, 4.69) is 9.80 Å². The topological polar surface area (TPSA) is 54.4 Å². The second-order valence-electron chi connectivity index (χ2n) is 6.31. The molecular formula is C18H28N2O4. The number of nitrogens with zero attached hydrogens (tertiary/aromatic N) is 2. The van der Waals surface area contributed by atoms with E-state index >= 15 is 0 Å². The van der Waals surface area contributed by atoms with Gasteiger partial charge in [-0.25, -0.2) is 0 Å². The zero-order chi connectivity index (χ0) is 16.6. The molecule has 3 aliphatic heterocycles. The Kier molecular flexibility index (Phi) is 6.86. The van der Waals surface area contributed by atoms with Crippen molar-refractivity contribution in [3.8, 4) is 5.75 Å². The summed E-state index contributed by atoms with van der Waals surface area (Å²) in [6.45, 7) is 8.71. The molecule has 3 aliphatic rings. The van der Waals surface area contributed by atoms with Gasteiger partial charge in [0.15, 0.2) is 0 Å². The van der Waals surface area contributed by atoms with Crippen LogP contribution in [0.1, 0.15) is 11.1 Å². The fourth-order valence-electron chi connectivity index (χ4n) is 3.12. The number of aromatic hydroxyl groups is 1. The summed E-state index contributed by atoms with van der Waals surface area (Å²) >= 11 is 0. The van der Waals surface area contributed by atoms with E-state index in [1.54, 1.807) is 0 Å². The lowest BCUT2D eigenvalue weighted by Gasteiger charge is -2.26. The van der Waals surface area contributed by atoms with Crippen LogP contribution in [0.15, 0.2) is 18.2 Å². The number of rotatable bonds is 0. The summed E-state index contributed by atoms with van der Waals surface area (Å²) < 4.78 is 17.1. The fraction of sp³-hybridized carbons (Fsp3) is 0.667. The third-order valence-electron chi connectivity index (χ3n) is 4.57. The standard InChI is InChI=1S/C18H28N2O4/c21-18-16-2-1-3-17(18)15-20-5-9-22-8-4-19(14-16)6-10-23-12-13-24-11-7-20/h1-3,21H,4-15H2. The minimum absolute atomic E-state index is 0.422. The van der Waals surface area contributed by atoms with E-state index in [1.807, 2.05) is 18.2 Å². The Balaban J connectivity index is 1.85. The molecule has 0 aliphatic carbocycles. The summed E-state index contributed by atoms with van der Waals surface area (Å²) in [5.74, 6) is 0.422. The Bertz CT molecular complexity index is 472. The summed E-state index contributed by atoms with van der Waals surface area (Å²) in [5, 5.41) is 10.7. The molecule has 0 saturated carbocycles. The summed E-state index contributed by atoms with van der Waals surface area (Å²) in [5.41, 5.74) is 1.94. The number of phenols is 1. The number of hydrogen-bond acceptors (Lipinski definition) is 6. The first-order chi connectivity index (χ1) is 11.8. The number of ether oxygens (including phenoxy) is 3. The lowest BCUT2D eigenvalue weighted by molar-refractivity contribution is 0.0313. The summed E-state index contributed by atoms with van der Waals surface area (Å²) in [6.07, 6.45) is 0. The molecule has 0 radical (unpaired) electrons. The van der Waals surface area contributed by atoms with Gasteiger partial charge in [0.2, 0.25) is 0 Å². The quantitative estimate of drug-likeness (QED) is 0.765. The minimum atomic E-state index is 0.422. The molecule has 6 nitrogen and oxygen atoms in total. The smallest absolute Gasteiger partial charge is 0.124 e. The van der Waals surface area contributed by atoms with Gasteiger partial charge in [-0.2, -0.15) is 0 Å². The maximum Gasteiger partial charge on any atom is 0.124 e. The largest absolute Gasteiger partial charge is 0.507 e. The highest BCUT2D eigenvalue weighted by Gasteiger charge is 2.16. The van der Waals surface area contributed by atoms with Crippen molar-refractivity contribution in [2.75, 3.05) is 65.8 Å². The van der Waals surface area contributed by atoms with Crippen LogP contribution in [0.5, 0.6) is 5.75 Å². The number of hydrogen-bond donors (Lipinski definition) is 1. The van der Waals surface area contributed by atoms with Gasteiger partial charge in [0.1, 0.15) is 5.75 Å². The van der Waals surface area contributed by atoms with Crippen molar-refractivity contribution in [1.82, 2.24) is 9.80 Å². The van der Waals surface area contributed by atoms with E-state index in [0.29, 0.717) is 58.5 Å². The van der Waals surface area contributed by atoms with Crippen LogP contribution in [0, 0.1) is 0 Å². The number of fused-ring (bicyclic) bond motifs is 11. The van der Waals surface area contributed by atoms with Crippen molar-refractivity contribution in [1.29, 1.82) is 0 Å². The summed E-state index contributed by atoms with van der Waals surface area (Å²) in [6, 6.07) is 6.05. The Morgan fingerprint density at radius 2 is 1.08 bits per heavy atom. The van der Waals surface area contributed by atoms with Crippen LogP contribution in [0.2, 0.25) is 0 Å². The van der Waals surface area contributed by atoms with Crippen molar-refractivity contribution < 1.29 is 19.3 Å². The van der Waals surface area contributed by atoms with Crippen molar-refractivity contribution >= 4 is 0 Å². The molecule has 0 spiro atoms. The highest BCUT2D eigenvalue weighted by molar-refractivity contribution is 5.40. The third kappa shape index (κ3) is 5.16. The molecule has 6 heteroatoms. The monoisotopic (exact) mass is 336 g/mol. The highest BCUT2D eigenvalue weighted by atomic mass is 16.5. The predicted octanol–water partition coefficient (Wildman–Crippen LogP) is 1.07. The zero-order valence-electron chi connectivity index (χ0n) is 14.3. The lowest BCUT2D eigenvalue weighted by atomic mass is 10.1. The predicted molar refractivity (Wildman–Crippen MR) is 91.1 cm³/mol. The van der Waals surface area contributed by atoms with Gasteiger partial charge >= 0.3 is 0 Å². The zero-order valence-corrected chi connectivity index (χ0v) is 14.3. The lowest BCUT2D eigenvalue weighted by Crippen LogP contribution is -2.33. The molecule has 2 atom stereocenters. The first-order valence-corrected chi connectivity index (χ1v) is 8.80. The van der Waals surface area contributed by atoms with E-state index in [9.17, 15) is 5.11 Å². The summed E-state index contributed by atoms with van der Waals surface area (Å²) in [4.78, 5) is 4.55. The Morgan fingerprint density at radius 3 is 1.54 bits per heavy atom. The van der Waals surface area contributed by atoms with Crippen molar-refractivity contribution in [2.45, 2.75) is 13.1 Å². The molecule has 24 heavy (non-hydrogen) atoms. The summed E-state index contributed by atoms with van der Waals surface area (Å²) in [7, 11) is 0. The second-order valence-corrected chi connectivity index (χ2v) is 6.31. The van der Waals surface area contributed by atoms with Crippen LogP contribution >= 0.6 is 0 Å². The number of benzene rings is 1. The van der Waals surface area contributed by atoms with E-state index in [-0.39, 0.29) is 0 Å². The molecule has 1 fully saturated rings. The van der Waals surface area contributed by atoms with Crippen LogP contribution in [-0.4, -0.2) is 80.7 Å². The molecule has 1 aromatic rings. The molecule has 1 N–H and O–H groups in total. The molecule has 2 unspecified atom stereocenters. The molecule has 4 bridgehead atoms. The van der Waals surface area contributed by atoms with Gasteiger partial charge < -0.3 is 19.3 Å². The maximum absolute atomic E-state index is 10.7. The second kappa shape index (κ2) is 9.34. The molecule has 3 heterocycles. The van der Waals surface area contributed by atoms with Crippen LogP contribution in [-0.2, 0) is 27.3 Å². The van der Waals surface area contributed by atoms with E-state index in [1.165, 1.54) is 0 Å². The Hall–Kier alpha value is -1.18. The van der Waals surface area contributed by atoms with E-state index in [0.717, 1.165) is 37.3 Å². The number of para-hydroxylation sites is 1. The molecule has 1 aromatic carbocycles. The molecule has 0 amide bonds. The average molecular weight is 336 g/mol. The van der Waals surface area contributed by atoms with Crippen molar-refractivity contribution in [3.05, 3.63) is 29.3 Å². The SMILES string of the molecule is Oc1c2cccc1CN1CCOCCOCCN(CCOCC1)C2. The van der Waals surface area contributed by atoms with Crippen LogP contribution < -0.4 is 0 Å². The highest BCUT2D eigenvalue weighted by Crippen LogP contribution is 2.25. The molecular weight excluding hydrogens is 308 g/mol.